The van der Waals surface area contributed by atoms with E-state index in [1.807, 2.05) is 26.0 Å². The smallest absolute Gasteiger partial charge is 0.239 e. The fourth-order valence-corrected chi connectivity index (χ4v) is 3.66. The minimum Gasteiger partial charge on any atom is -0.497 e. The van der Waals surface area contributed by atoms with Gasteiger partial charge in [-0.3, -0.25) is 4.79 Å². The van der Waals surface area contributed by atoms with Gasteiger partial charge in [0, 0.05) is 12.0 Å². The normalized spacial score (nSPS) is 19.1. The second-order valence-corrected chi connectivity index (χ2v) is 7.07. The summed E-state index contributed by atoms with van der Waals surface area (Å²) in [7, 11) is 1.69. The van der Waals surface area contributed by atoms with Crippen LogP contribution in [0.3, 0.4) is 0 Å². The molecule has 0 aliphatic heterocycles. The number of carbonyl (C=O) groups excluding carboxylic acids is 1. The molecule has 1 unspecified atom stereocenters. The summed E-state index contributed by atoms with van der Waals surface area (Å²) < 4.78 is 5.36. The van der Waals surface area contributed by atoms with E-state index >= 15 is 0 Å². The van der Waals surface area contributed by atoms with E-state index < -0.39 is 5.54 Å². The summed E-state index contributed by atoms with van der Waals surface area (Å²) in [4.78, 5) is 12.4. The average molecular weight is 318 g/mol. The van der Waals surface area contributed by atoms with E-state index in [-0.39, 0.29) is 11.3 Å². The number of rotatable bonds is 7. The number of amides is 1. The molecule has 128 valence electrons. The Bertz CT molecular complexity index is 534. The molecule has 1 aliphatic rings. The van der Waals surface area contributed by atoms with Gasteiger partial charge in [0.25, 0.3) is 0 Å². The van der Waals surface area contributed by atoms with Crippen LogP contribution in [0.15, 0.2) is 24.3 Å². The summed E-state index contributed by atoms with van der Waals surface area (Å²) in [5.74, 6) is 0.822. The number of nitrogens with one attached hydrogen (secondary N) is 1. The summed E-state index contributed by atoms with van der Waals surface area (Å²) >= 11 is 0. The van der Waals surface area contributed by atoms with E-state index in [0.29, 0.717) is 13.0 Å². The van der Waals surface area contributed by atoms with Crippen LogP contribution in [-0.4, -0.2) is 25.1 Å². The largest absolute Gasteiger partial charge is 0.497 e. The summed E-state index contributed by atoms with van der Waals surface area (Å²) in [6.45, 7) is 4.52. The molecule has 0 bridgehead atoms. The predicted octanol–water partition coefficient (Wildman–Crippen LogP) is 3.14. The Kier molecular flexibility index (Phi) is 5.69. The molecule has 0 radical (unpaired) electrons. The Morgan fingerprint density at radius 3 is 2.70 bits per heavy atom. The SMILES string of the molecule is CCCC(C)(N)C(=O)NCC1(c2cccc(OC)c2)CCCC1. The standard InChI is InChI=1S/C19H30N2O2/c1-4-10-18(2,20)17(22)21-14-19(11-5-6-12-19)15-8-7-9-16(13-15)23-3/h7-9,13H,4-6,10-12,14,20H2,1-3H3,(H,21,22). The molecule has 2 rings (SSSR count). The van der Waals surface area contributed by atoms with Crippen LogP contribution in [0.25, 0.3) is 0 Å². The van der Waals surface area contributed by atoms with Gasteiger partial charge in [-0.05, 0) is 43.9 Å². The van der Waals surface area contributed by atoms with Gasteiger partial charge in [-0.25, -0.2) is 0 Å². The first-order valence-corrected chi connectivity index (χ1v) is 8.65. The van der Waals surface area contributed by atoms with Crippen molar-refractivity contribution in [3.63, 3.8) is 0 Å². The second-order valence-electron chi connectivity index (χ2n) is 7.07. The van der Waals surface area contributed by atoms with E-state index in [0.717, 1.165) is 25.0 Å². The van der Waals surface area contributed by atoms with Gasteiger partial charge in [0.1, 0.15) is 5.75 Å². The number of nitrogens with two attached hydrogens (primary N) is 1. The lowest BCUT2D eigenvalue weighted by Crippen LogP contribution is -2.54. The molecule has 1 amide bonds. The maximum Gasteiger partial charge on any atom is 0.239 e. The first-order valence-electron chi connectivity index (χ1n) is 8.65. The summed E-state index contributed by atoms with van der Waals surface area (Å²) in [5, 5.41) is 3.12. The lowest BCUT2D eigenvalue weighted by Gasteiger charge is -2.32. The highest BCUT2D eigenvalue weighted by molar-refractivity contribution is 5.85. The van der Waals surface area contributed by atoms with E-state index in [1.165, 1.54) is 18.4 Å². The maximum absolute atomic E-state index is 12.4. The Hall–Kier alpha value is -1.55. The Morgan fingerprint density at radius 2 is 2.09 bits per heavy atom. The van der Waals surface area contributed by atoms with Gasteiger partial charge in [-0.1, -0.05) is 38.3 Å². The Labute approximate surface area is 139 Å². The number of hydrogen-bond acceptors (Lipinski definition) is 3. The van der Waals surface area contributed by atoms with Crippen molar-refractivity contribution < 1.29 is 9.53 Å². The second kappa shape index (κ2) is 7.35. The van der Waals surface area contributed by atoms with Gasteiger partial charge in [-0.15, -0.1) is 0 Å². The monoisotopic (exact) mass is 318 g/mol. The minimum absolute atomic E-state index is 0.00644. The molecule has 0 aromatic heterocycles. The van der Waals surface area contributed by atoms with Gasteiger partial charge in [0.15, 0.2) is 0 Å². The van der Waals surface area contributed by atoms with Crippen molar-refractivity contribution in [2.24, 2.45) is 5.73 Å². The van der Waals surface area contributed by atoms with Crippen LogP contribution in [0.2, 0.25) is 0 Å². The maximum atomic E-state index is 12.4. The molecule has 0 spiro atoms. The van der Waals surface area contributed by atoms with Gasteiger partial charge >= 0.3 is 0 Å². The molecule has 3 N–H and O–H groups in total. The molecular formula is C19H30N2O2. The summed E-state index contributed by atoms with van der Waals surface area (Å²) in [5.41, 5.74) is 6.62. The van der Waals surface area contributed by atoms with Crippen LogP contribution in [0.4, 0.5) is 0 Å². The van der Waals surface area contributed by atoms with Crippen LogP contribution in [0, 0.1) is 0 Å². The van der Waals surface area contributed by atoms with Crippen molar-refractivity contribution in [3.05, 3.63) is 29.8 Å². The fourth-order valence-electron chi connectivity index (χ4n) is 3.66. The number of benzene rings is 1. The van der Waals surface area contributed by atoms with Crippen molar-refractivity contribution in [1.82, 2.24) is 5.32 Å². The molecule has 4 heteroatoms. The van der Waals surface area contributed by atoms with Crippen LogP contribution < -0.4 is 15.8 Å². The first kappa shape index (κ1) is 17.8. The van der Waals surface area contributed by atoms with E-state index in [4.69, 9.17) is 10.5 Å². The van der Waals surface area contributed by atoms with E-state index in [9.17, 15) is 4.79 Å². The Balaban J connectivity index is 2.14. The van der Waals surface area contributed by atoms with Crippen molar-refractivity contribution in [3.8, 4) is 5.75 Å². The molecule has 1 fully saturated rings. The predicted molar refractivity (Wildman–Crippen MR) is 93.7 cm³/mol. The molecule has 23 heavy (non-hydrogen) atoms. The number of ether oxygens (including phenoxy) is 1. The quantitative estimate of drug-likeness (QED) is 0.812. The van der Waals surface area contributed by atoms with Gasteiger partial charge in [-0.2, -0.15) is 0 Å². The molecule has 1 aromatic carbocycles. The molecule has 1 aromatic rings. The van der Waals surface area contributed by atoms with Crippen LogP contribution >= 0.6 is 0 Å². The third-order valence-electron chi connectivity index (χ3n) is 5.12. The first-order chi connectivity index (χ1) is 10.9. The van der Waals surface area contributed by atoms with Crippen molar-refractivity contribution >= 4 is 5.91 Å². The molecule has 1 saturated carbocycles. The number of methoxy groups -OCH3 is 1. The zero-order valence-electron chi connectivity index (χ0n) is 14.7. The lowest BCUT2D eigenvalue weighted by atomic mass is 9.78. The number of hydrogen-bond donors (Lipinski definition) is 2. The fraction of sp³-hybridized carbons (Fsp3) is 0.632. The van der Waals surface area contributed by atoms with Crippen LogP contribution in [0.1, 0.15) is 57.9 Å². The van der Waals surface area contributed by atoms with Crippen molar-refractivity contribution in [2.75, 3.05) is 13.7 Å². The topological polar surface area (TPSA) is 64.4 Å². The van der Waals surface area contributed by atoms with Crippen molar-refractivity contribution in [2.45, 2.75) is 63.3 Å². The van der Waals surface area contributed by atoms with E-state index in [2.05, 4.69) is 17.4 Å². The third-order valence-corrected chi connectivity index (χ3v) is 5.12. The van der Waals surface area contributed by atoms with Crippen LogP contribution in [-0.2, 0) is 10.2 Å². The van der Waals surface area contributed by atoms with Gasteiger partial charge in [0.05, 0.1) is 12.6 Å². The lowest BCUT2D eigenvalue weighted by molar-refractivity contribution is -0.126. The number of carbonyl (C=O) groups is 1. The Morgan fingerprint density at radius 1 is 1.39 bits per heavy atom. The summed E-state index contributed by atoms with van der Waals surface area (Å²) in [6, 6.07) is 8.24. The highest BCUT2D eigenvalue weighted by Gasteiger charge is 2.37. The van der Waals surface area contributed by atoms with Crippen LogP contribution in [0.5, 0.6) is 5.75 Å². The van der Waals surface area contributed by atoms with Crippen molar-refractivity contribution in [1.29, 1.82) is 0 Å². The molecular weight excluding hydrogens is 288 g/mol. The van der Waals surface area contributed by atoms with E-state index in [1.54, 1.807) is 7.11 Å². The summed E-state index contributed by atoms with van der Waals surface area (Å²) in [6.07, 6.45) is 6.18. The van der Waals surface area contributed by atoms with Gasteiger partial charge < -0.3 is 15.8 Å². The molecule has 0 saturated heterocycles. The molecule has 0 heterocycles. The zero-order chi connectivity index (χ0) is 16.9. The molecule has 1 aliphatic carbocycles. The highest BCUT2D eigenvalue weighted by Crippen LogP contribution is 2.41. The molecule has 1 atom stereocenters. The molecule has 4 nitrogen and oxygen atoms in total. The third kappa shape index (κ3) is 4.05. The zero-order valence-corrected chi connectivity index (χ0v) is 14.7. The average Bonchev–Trinajstić information content (AvgIpc) is 3.02. The highest BCUT2D eigenvalue weighted by atomic mass is 16.5. The van der Waals surface area contributed by atoms with Gasteiger partial charge in [0.2, 0.25) is 5.91 Å². The minimum atomic E-state index is -0.789.